The highest BCUT2D eigenvalue weighted by atomic mass is 32.2. The van der Waals surface area contributed by atoms with Crippen LogP contribution in [-0.4, -0.2) is 63.0 Å². The summed E-state index contributed by atoms with van der Waals surface area (Å²) in [5, 5.41) is 14.4. The van der Waals surface area contributed by atoms with E-state index in [0.29, 0.717) is 54.9 Å². The monoisotopic (exact) mass is 723 g/mol. The molecule has 0 saturated heterocycles. The third kappa shape index (κ3) is 10.3. The maximum Gasteiger partial charge on any atom is 0.303 e. The number of thioether (sulfide) groups is 1. The number of carbonyl (C=O) groups is 3. The lowest BCUT2D eigenvalue weighted by Crippen LogP contribution is -2.42. The molecule has 3 N–H and O–H groups in total. The molecule has 0 fully saturated rings. The number of amides is 2. The molecule has 1 aliphatic heterocycles. The van der Waals surface area contributed by atoms with Crippen LogP contribution in [-0.2, 0) is 24.2 Å². The molecule has 0 aromatic heterocycles. The average Bonchev–Trinajstić information content (AvgIpc) is 3.21. The molecule has 50 heavy (non-hydrogen) atoms. The number of carboxylic acids is 1. The van der Waals surface area contributed by atoms with Crippen molar-refractivity contribution in [2.75, 3.05) is 36.6 Å². The standard InChI is InChI=1S/C38H49N3O7S2/c1-4-6-21-38(5-2)26-41(29-18-12-8-13-19-29)30-23-32(49-3)31(24-33(30)50(46,47)27-38)48-25-34(42)40-36(28-16-10-7-11-17-28)37(45)39-22-15-9-14-20-35(43)44/h7-8,10-13,16-19,23-24,36H,4-6,9,14-15,20-22,25-27H2,1-3H3,(H,39,45)(H,40,42)(H,43,44). The molecule has 2 amide bonds. The van der Waals surface area contributed by atoms with Gasteiger partial charge < -0.3 is 25.4 Å². The summed E-state index contributed by atoms with van der Waals surface area (Å²) in [5.74, 6) is -1.50. The first-order valence-electron chi connectivity index (χ1n) is 17.3. The van der Waals surface area contributed by atoms with Gasteiger partial charge in [-0.25, -0.2) is 8.42 Å². The molecule has 3 aromatic rings. The Labute approximate surface area is 300 Å². The summed E-state index contributed by atoms with van der Waals surface area (Å²) in [6, 6.07) is 21.1. The predicted molar refractivity (Wildman–Crippen MR) is 198 cm³/mol. The van der Waals surface area contributed by atoms with Gasteiger partial charge in [0.15, 0.2) is 16.4 Å². The lowest BCUT2D eigenvalue weighted by atomic mass is 9.81. The first-order valence-corrected chi connectivity index (χ1v) is 20.1. The molecular weight excluding hydrogens is 675 g/mol. The largest absolute Gasteiger partial charge is 0.483 e. The van der Waals surface area contributed by atoms with E-state index in [4.69, 9.17) is 9.84 Å². The maximum atomic E-state index is 14.2. The number of nitrogens with one attached hydrogen (secondary N) is 2. The summed E-state index contributed by atoms with van der Waals surface area (Å²) in [7, 11) is -3.75. The lowest BCUT2D eigenvalue weighted by Gasteiger charge is -2.36. The van der Waals surface area contributed by atoms with Crippen molar-refractivity contribution in [1.82, 2.24) is 10.6 Å². The number of fused-ring (bicyclic) bond motifs is 1. The topological polar surface area (TPSA) is 142 Å². The van der Waals surface area contributed by atoms with Crippen LogP contribution in [0.15, 0.2) is 82.6 Å². The Kier molecular flexibility index (Phi) is 14.2. The first kappa shape index (κ1) is 38.8. The lowest BCUT2D eigenvalue weighted by molar-refractivity contribution is -0.137. The number of benzene rings is 3. The fraction of sp³-hybridized carbons (Fsp3) is 0.447. The first-order chi connectivity index (χ1) is 24.0. The zero-order valence-electron chi connectivity index (χ0n) is 29.2. The molecule has 0 aliphatic carbocycles. The molecule has 3 aromatic carbocycles. The van der Waals surface area contributed by atoms with Crippen LogP contribution in [0.4, 0.5) is 11.4 Å². The Hall–Kier alpha value is -4.03. The van der Waals surface area contributed by atoms with Crippen molar-refractivity contribution < 1.29 is 32.6 Å². The molecule has 1 aliphatic rings. The quantitative estimate of drug-likeness (QED) is 0.0942. The van der Waals surface area contributed by atoms with Crippen LogP contribution in [0.5, 0.6) is 5.75 Å². The summed E-state index contributed by atoms with van der Waals surface area (Å²) < 4.78 is 34.5. The van der Waals surface area contributed by atoms with Gasteiger partial charge in [0.05, 0.1) is 21.2 Å². The van der Waals surface area contributed by atoms with E-state index in [1.807, 2.05) is 48.7 Å². The van der Waals surface area contributed by atoms with Gasteiger partial charge in [0.1, 0.15) is 11.8 Å². The molecule has 0 bridgehead atoms. The SMILES string of the molecule is CCCCC1(CC)CN(c2ccccc2)c2cc(SC)c(OCC(=O)NC(C(=O)NCCCCCC(=O)O)c3ccccc3)cc2S(=O)(=O)C1. The number of sulfone groups is 1. The summed E-state index contributed by atoms with van der Waals surface area (Å²) in [6.45, 7) is 4.64. The third-order valence-electron chi connectivity index (χ3n) is 9.17. The Balaban J connectivity index is 1.57. The summed E-state index contributed by atoms with van der Waals surface area (Å²) >= 11 is 1.40. The molecule has 0 radical (unpaired) electrons. The van der Waals surface area contributed by atoms with Gasteiger partial charge in [0, 0.05) is 36.7 Å². The van der Waals surface area contributed by atoms with Gasteiger partial charge in [-0.3, -0.25) is 14.4 Å². The van der Waals surface area contributed by atoms with Gasteiger partial charge in [-0.05, 0) is 55.7 Å². The molecule has 12 heteroatoms. The van der Waals surface area contributed by atoms with E-state index >= 15 is 0 Å². The Morgan fingerprint density at radius 3 is 2.32 bits per heavy atom. The van der Waals surface area contributed by atoms with E-state index in [-0.39, 0.29) is 22.8 Å². The number of carbonyl (C=O) groups excluding carboxylic acids is 2. The molecule has 10 nitrogen and oxygen atoms in total. The number of para-hydroxylation sites is 1. The highest BCUT2D eigenvalue weighted by molar-refractivity contribution is 7.98. The fourth-order valence-electron chi connectivity index (χ4n) is 6.33. The van der Waals surface area contributed by atoms with Gasteiger partial charge in [0.2, 0.25) is 5.91 Å². The molecule has 4 rings (SSSR count). The van der Waals surface area contributed by atoms with Crippen LogP contribution in [0, 0.1) is 5.41 Å². The Bertz CT molecular complexity index is 1700. The van der Waals surface area contributed by atoms with E-state index in [1.165, 1.54) is 11.8 Å². The average molecular weight is 724 g/mol. The third-order valence-corrected chi connectivity index (χ3v) is 11.9. The minimum atomic E-state index is -3.75. The summed E-state index contributed by atoms with van der Waals surface area (Å²) in [6.07, 6.45) is 7.13. The van der Waals surface area contributed by atoms with Gasteiger partial charge >= 0.3 is 5.97 Å². The van der Waals surface area contributed by atoms with Crippen LogP contribution < -0.4 is 20.3 Å². The van der Waals surface area contributed by atoms with E-state index in [9.17, 15) is 22.8 Å². The van der Waals surface area contributed by atoms with Crippen LogP contribution in [0.3, 0.4) is 0 Å². The Morgan fingerprint density at radius 1 is 0.980 bits per heavy atom. The van der Waals surface area contributed by atoms with E-state index in [2.05, 4.69) is 29.4 Å². The number of unbranched alkanes of at least 4 members (excludes halogenated alkanes) is 3. The normalized spacial score (nSPS) is 17.2. The molecular formula is C38H49N3O7S2. The second kappa shape index (κ2) is 18.3. The van der Waals surface area contributed by atoms with Crippen LogP contribution in [0.25, 0.3) is 0 Å². The highest BCUT2D eigenvalue weighted by Gasteiger charge is 2.42. The van der Waals surface area contributed by atoms with Gasteiger partial charge in [0.25, 0.3) is 5.91 Å². The van der Waals surface area contributed by atoms with Crippen LogP contribution in [0.1, 0.15) is 76.8 Å². The van der Waals surface area contributed by atoms with Gasteiger partial charge in [-0.2, -0.15) is 0 Å². The van der Waals surface area contributed by atoms with Crippen molar-refractivity contribution in [2.45, 2.75) is 81.0 Å². The number of aliphatic carboxylic acids is 1. The molecule has 2 unspecified atom stereocenters. The zero-order valence-corrected chi connectivity index (χ0v) is 30.8. The van der Waals surface area contributed by atoms with E-state index in [1.54, 1.807) is 30.3 Å². The molecule has 0 saturated carbocycles. The number of anilines is 2. The second-order valence-corrected chi connectivity index (χ2v) is 15.6. The zero-order chi connectivity index (χ0) is 36.1. The maximum absolute atomic E-state index is 14.2. The predicted octanol–water partition coefficient (Wildman–Crippen LogP) is 6.92. The number of carboxylic acid groups (broad SMARTS) is 1. The summed E-state index contributed by atoms with van der Waals surface area (Å²) in [5.41, 5.74) is 1.64. The molecule has 2 atom stereocenters. The van der Waals surface area contributed by atoms with E-state index < -0.39 is 45.7 Å². The summed E-state index contributed by atoms with van der Waals surface area (Å²) in [4.78, 5) is 40.3. The number of hydrogen-bond acceptors (Lipinski definition) is 8. The van der Waals surface area contributed by atoms with Crippen molar-refractivity contribution in [2.24, 2.45) is 5.41 Å². The molecule has 1 heterocycles. The Morgan fingerprint density at radius 2 is 1.68 bits per heavy atom. The van der Waals surface area contributed by atoms with Crippen molar-refractivity contribution in [3.8, 4) is 5.75 Å². The van der Waals surface area contributed by atoms with Gasteiger partial charge in [-0.1, -0.05) is 81.6 Å². The van der Waals surface area contributed by atoms with Crippen LogP contribution >= 0.6 is 11.8 Å². The van der Waals surface area contributed by atoms with Crippen molar-refractivity contribution in [1.29, 1.82) is 0 Å². The number of ether oxygens (including phenoxy) is 1. The minimum absolute atomic E-state index is 0.0127. The van der Waals surface area contributed by atoms with Crippen LogP contribution in [0.2, 0.25) is 0 Å². The fourth-order valence-corrected chi connectivity index (χ4v) is 9.05. The molecule has 270 valence electrons. The molecule has 0 spiro atoms. The number of rotatable bonds is 18. The highest BCUT2D eigenvalue weighted by Crippen LogP contribution is 2.47. The second-order valence-electron chi connectivity index (χ2n) is 12.8. The van der Waals surface area contributed by atoms with Crippen molar-refractivity contribution in [3.05, 3.63) is 78.4 Å². The van der Waals surface area contributed by atoms with Crippen molar-refractivity contribution >= 4 is 50.8 Å². The van der Waals surface area contributed by atoms with E-state index in [0.717, 1.165) is 24.9 Å². The van der Waals surface area contributed by atoms with Gasteiger partial charge in [-0.15, -0.1) is 11.8 Å². The smallest absolute Gasteiger partial charge is 0.303 e. The number of hydrogen-bond donors (Lipinski definition) is 3. The number of nitrogens with zero attached hydrogens (tertiary/aromatic N) is 1. The van der Waals surface area contributed by atoms with Crippen molar-refractivity contribution in [3.63, 3.8) is 0 Å². The minimum Gasteiger partial charge on any atom is -0.483 e.